The third kappa shape index (κ3) is 3.65. The number of aromatic nitrogens is 2. The number of nitrogens with zero attached hydrogens (tertiary/aromatic N) is 2. The summed E-state index contributed by atoms with van der Waals surface area (Å²) in [5.74, 6) is 0. The van der Waals surface area contributed by atoms with Crippen LogP contribution in [0.25, 0.3) is 5.65 Å². The highest BCUT2D eigenvalue weighted by Gasteiger charge is 2.45. The predicted molar refractivity (Wildman–Crippen MR) is 88.0 cm³/mol. The molecule has 0 bridgehead atoms. The molecule has 0 aromatic carbocycles. The monoisotopic (exact) mass is 383 g/mol. The number of carbonyl (C=O) groups excluding carboxylic acids is 1. The third-order valence-corrected chi connectivity index (χ3v) is 4.16. The molecule has 1 fully saturated rings. The number of carbonyl (C=O) groups is 1. The van der Waals surface area contributed by atoms with Gasteiger partial charge in [-0.2, -0.15) is 0 Å². The zero-order valence-corrected chi connectivity index (χ0v) is 14.9. The molecule has 1 aliphatic rings. The van der Waals surface area contributed by atoms with E-state index in [4.69, 9.17) is 4.74 Å². The Hall–Kier alpha value is -1.63. The standard InChI is InChI=1S/C16H19BrFN3O2/c1-15(2,3)23-14(22)19-7-11-9-21-8-10(16(18)4-5-16)6-12(17)13(21)20-11/h6,8-9H,4-5,7H2,1-3H3,(H,19,22). The van der Waals surface area contributed by atoms with E-state index in [1.165, 1.54) is 0 Å². The molecule has 1 amide bonds. The van der Waals surface area contributed by atoms with Crippen molar-refractivity contribution in [2.75, 3.05) is 0 Å². The fraction of sp³-hybridized carbons (Fsp3) is 0.500. The number of pyridine rings is 1. The molecule has 0 saturated heterocycles. The lowest BCUT2D eigenvalue weighted by atomic mass is 10.1. The van der Waals surface area contributed by atoms with Crippen LogP contribution in [0.4, 0.5) is 9.18 Å². The van der Waals surface area contributed by atoms with Gasteiger partial charge in [-0.25, -0.2) is 14.2 Å². The summed E-state index contributed by atoms with van der Waals surface area (Å²) in [5, 5.41) is 2.67. The molecule has 2 aromatic rings. The van der Waals surface area contributed by atoms with E-state index in [0.29, 0.717) is 29.7 Å². The van der Waals surface area contributed by atoms with E-state index in [9.17, 15) is 9.18 Å². The summed E-state index contributed by atoms with van der Waals surface area (Å²) in [6.45, 7) is 5.67. The highest BCUT2D eigenvalue weighted by atomic mass is 79.9. The number of nitrogens with one attached hydrogen (secondary N) is 1. The first kappa shape index (κ1) is 16.2. The summed E-state index contributed by atoms with van der Waals surface area (Å²) in [5.41, 5.74) is 0.286. The second-order valence-corrected chi connectivity index (χ2v) is 7.71. The predicted octanol–water partition coefficient (Wildman–Crippen LogP) is 4.08. The lowest BCUT2D eigenvalue weighted by Crippen LogP contribution is -2.32. The van der Waals surface area contributed by atoms with Crippen molar-refractivity contribution in [3.63, 3.8) is 0 Å². The number of alkyl halides is 1. The molecule has 2 aromatic heterocycles. The smallest absolute Gasteiger partial charge is 0.407 e. The molecule has 0 unspecified atom stereocenters. The van der Waals surface area contributed by atoms with Crippen molar-refractivity contribution in [2.45, 2.75) is 51.4 Å². The van der Waals surface area contributed by atoms with Crippen molar-refractivity contribution in [3.05, 3.63) is 34.2 Å². The Labute approximate surface area is 142 Å². The molecule has 1 aliphatic carbocycles. The minimum absolute atomic E-state index is 0.249. The SMILES string of the molecule is CC(C)(C)OC(=O)NCc1cn2cc(C3(F)CC3)cc(Br)c2n1. The quantitative estimate of drug-likeness (QED) is 0.868. The Morgan fingerprint density at radius 2 is 2.17 bits per heavy atom. The average molecular weight is 384 g/mol. The van der Waals surface area contributed by atoms with E-state index in [2.05, 4.69) is 26.2 Å². The molecular weight excluding hydrogens is 365 g/mol. The maximum atomic E-state index is 14.2. The Balaban J connectivity index is 1.75. The van der Waals surface area contributed by atoms with Gasteiger partial charge in [0.1, 0.15) is 11.3 Å². The number of alkyl carbamates (subject to hydrolysis) is 1. The van der Waals surface area contributed by atoms with Crippen molar-refractivity contribution in [2.24, 2.45) is 0 Å². The van der Waals surface area contributed by atoms with Crippen LogP contribution in [0.3, 0.4) is 0 Å². The number of ether oxygens (including phenoxy) is 1. The lowest BCUT2D eigenvalue weighted by Gasteiger charge is -2.19. The van der Waals surface area contributed by atoms with Gasteiger partial charge in [-0.05, 0) is 55.6 Å². The molecule has 7 heteroatoms. The van der Waals surface area contributed by atoms with Gasteiger partial charge in [0.15, 0.2) is 5.65 Å². The molecule has 124 valence electrons. The number of rotatable bonds is 3. The van der Waals surface area contributed by atoms with Crippen molar-refractivity contribution >= 4 is 27.7 Å². The third-order valence-electron chi connectivity index (χ3n) is 3.58. The maximum absolute atomic E-state index is 14.2. The van der Waals surface area contributed by atoms with Gasteiger partial charge in [0.05, 0.1) is 16.7 Å². The Bertz CT molecular complexity index is 763. The molecule has 0 atom stereocenters. The van der Waals surface area contributed by atoms with E-state index in [0.717, 1.165) is 4.47 Å². The number of hydrogen-bond acceptors (Lipinski definition) is 3. The number of imidazole rings is 1. The molecule has 1 N–H and O–H groups in total. The maximum Gasteiger partial charge on any atom is 0.407 e. The largest absolute Gasteiger partial charge is 0.444 e. The fourth-order valence-corrected chi connectivity index (χ4v) is 2.85. The summed E-state index contributed by atoms with van der Waals surface area (Å²) in [7, 11) is 0. The highest BCUT2D eigenvalue weighted by Crippen LogP contribution is 2.50. The normalized spacial score (nSPS) is 16.4. The first-order chi connectivity index (χ1) is 10.7. The van der Waals surface area contributed by atoms with Gasteiger partial charge >= 0.3 is 6.09 Å². The van der Waals surface area contributed by atoms with Gasteiger partial charge in [0, 0.05) is 18.0 Å². The van der Waals surface area contributed by atoms with Crippen LogP contribution >= 0.6 is 15.9 Å². The number of hydrogen-bond donors (Lipinski definition) is 1. The minimum atomic E-state index is -1.20. The van der Waals surface area contributed by atoms with Gasteiger partial charge in [-0.1, -0.05) is 0 Å². The average Bonchev–Trinajstić information content (AvgIpc) is 3.03. The van der Waals surface area contributed by atoms with Crippen LogP contribution in [0, 0.1) is 0 Å². The van der Waals surface area contributed by atoms with E-state index < -0.39 is 17.4 Å². The van der Waals surface area contributed by atoms with Gasteiger partial charge < -0.3 is 14.5 Å². The van der Waals surface area contributed by atoms with Crippen LogP contribution < -0.4 is 5.32 Å². The van der Waals surface area contributed by atoms with Crippen molar-refractivity contribution < 1.29 is 13.9 Å². The second-order valence-electron chi connectivity index (χ2n) is 6.86. The van der Waals surface area contributed by atoms with Gasteiger partial charge in [0.25, 0.3) is 0 Å². The summed E-state index contributed by atoms with van der Waals surface area (Å²) in [6, 6.07) is 1.78. The minimum Gasteiger partial charge on any atom is -0.444 e. The Morgan fingerprint density at radius 1 is 1.48 bits per heavy atom. The molecule has 23 heavy (non-hydrogen) atoms. The molecule has 1 saturated carbocycles. The number of amides is 1. The van der Waals surface area contributed by atoms with Crippen molar-refractivity contribution in [1.29, 1.82) is 0 Å². The summed E-state index contributed by atoms with van der Waals surface area (Å²) < 4.78 is 21.9. The number of fused-ring (bicyclic) bond motifs is 1. The van der Waals surface area contributed by atoms with Crippen LogP contribution in [0.2, 0.25) is 0 Å². The van der Waals surface area contributed by atoms with Crippen LogP contribution in [-0.4, -0.2) is 21.1 Å². The summed E-state index contributed by atoms with van der Waals surface area (Å²) in [4.78, 5) is 16.1. The molecular formula is C16H19BrFN3O2. The van der Waals surface area contributed by atoms with Crippen LogP contribution in [-0.2, 0) is 17.0 Å². The van der Waals surface area contributed by atoms with Crippen LogP contribution in [0.5, 0.6) is 0 Å². The zero-order valence-electron chi connectivity index (χ0n) is 13.3. The van der Waals surface area contributed by atoms with E-state index >= 15 is 0 Å². The first-order valence-electron chi connectivity index (χ1n) is 7.50. The molecule has 0 spiro atoms. The summed E-state index contributed by atoms with van der Waals surface area (Å²) >= 11 is 3.44. The summed E-state index contributed by atoms with van der Waals surface area (Å²) in [6.07, 6.45) is 4.18. The van der Waals surface area contributed by atoms with Gasteiger partial charge in [0.2, 0.25) is 0 Å². The Morgan fingerprint density at radius 3 is 2.78 bits per heavy atom. The first-order valence-corrected chi connectivity index (χ1v) is 8.29. The van der Waals surface area contributed by atoms with Gasteiger partial charge in [-0.3, -0.25) is 0 Å². The number of halogens is 2. The zero-order chi connectivity index (χ0) is 16.8. The molecule has 5 nitrogen and oxygen atoms in total. The fourth-order valence-electron chi connectivity index (χ4n) is 2.31. The Kier molecular flexibility index (Phi) is 3.86. The van der Waals surface area contributed by atoms with Crippen molar-refractivity contribution in [1.82, 2.24) is 14.7 Å². The molecule has 2 heterocycles. The topological polar surface area (TPSA) is 55.6 Å². The van der Waals surface area contributed by atoms with E-state index in [1.54, 1.807) is 43.6 Å². The van der Waals surface area contributed by atoms with Crippen LogP contribution in [0.1, 0.15) is 44.9 Å². The lowest BCUT2D eigenvalue weighted by molar-refractivity contribution is 0.0523. The molecule has 3 rings (SSSR count). The van der Waals surface area contributed by atoms with E-state index in [1.807, 2.05) is 0 Å². The molecule has 0 aliphatic heterocycles. The van der Waals surface area contributed by atoms with Crippen LogP contribution in [0.15, 0.2) is 22.9 Å². The molecule has 0 radical (unpaired) electrons. The highest BCUT2D eigenvalue weighted by molar-refractivity contribution is 9.10. The second kappa shape index (κ2) is 5.47. The van der Waals surface area contributed by atoms with Crippen molar-refractivity contribution in [3.8, 4) is 0 Å². The van der Waals surface area contributed by atoms with E-state index in [-0.39, 0.29) is 6.54 Å². The van der Waals surface area contributed by atoms with Gasteiger partial charge in [-0.15, -0.1) is 0 Å².